The van der Waals surface area contributed by atoms with Gasteiger partial charge in [0.05, 0.1) is 26.2 Å². The van der Waals surface area contributed by atoms with Gasteiger partial charge in [0.15, 0.2) is 0 Å². The number of carbonyl (C=O) groups excluding carboxylic acids is 1. The minimum atomic E-state index is 0.103. The van der Waals surface area contributed by atoms with Gasteiger partial charge < -0.3 is 20.1 Å². The van der Waals surface area contributed by atoms with E-state index in [4.69, 9.17) is 15.2 Å². The summed E-state index contributed by atoms with van der Waals surface area (Å²) in [7, 11) is 1.80. The molecular weight excluding hydrogens is 232 g/mol. The number of nitrogens with two attached hydrogens (primary N) is 1. The lowest BCUT2D eigenvalue weighted by Gasteiger charge is -2.16. The number of hydrogen-bond acceptors (Lipinski definition) is 4. The molecular formula is C13H28N2O3. The lowest BCUT2D eigenvalue weighted by atomic mass is 10.2. The van der Waals surface area contributed by atoms with Crippen LogP contribution >= 0.6 is 0 Å². The van der Waals surface area contributed by atoms with E-state index in [1.54, 1.807) is 11.9 Å². The Morgan fingerprint density at radius 1 is 1.22 bits per heavy atom. The zero-order valence-corrected chi connectivity index (χ0v) is 12.0. The summed E-state index contributed by atoms with van der Waals surface area (Å²) < 4.78 is 10.7. The zero-order valence-electron chi connectivity index (χ0n) is 12.0. The van der Waals surface area contributed by atoms with Crippen molar-refractivity contribution in [2.45, 2.75) is 26.7 Å². The predicted octanol–water partition coefficient (Wildman–Crippen LogP) is 0.873. The fraction of sp³-hybridized carbons (Fsp3) is 0.923. The lowest BCUT2D eigenvalue weighted by Crippen LogP contribution is -2.29. The number of nitrogens with zero attached hydrogens (tertiary/aromatic N) is 1. The van der Waals surface area contributed by atoms with Gasteiger partial charge >= 0.3 is 0 Å². The second-order valence-corrected chi connectivity index (χ2v) is 4.79. The maximum absolute atomic E-state index is 11.6. The minimum Gasteiger partial charge on any atom is -0.379 e. The van der Waals surface area contributed by atoms with Gasteiger partial charge in [0, 0.05) is 20.2 Å². The van der Waals surface area contributed by atoms with Crippen LogP contribution in [0.5, 0.6) is 0 Å². The molecule has 1 amide bonds. The van der Waals surface area contributed by atoms with Crippen molar-refractivity contribution in [3.63, 3.8) is 0 Å². The highest BCUT2D eigenvalue weighted by atomic mass is 16.5. The summed E-state index contributed by atoms with van der Waals surface area (Å²) in [5.41, 5.74) is 5.39. The van der Waals surface area contributed by atoms with Crippen molar-refractivity contribution in [2.24, 2.45) is 11.7 Å². The van der Waals surface area contributed by atoms with Gasteiger partial charge in [-0.15, -0.1) is 0 Å². The van der Waals surface area contributed by atoms with E-state index in [0.29, 0.717) is 45.2 Å². The van der Waals surface area contributed by atoms with E-state index in [-0.39, 0.29) is 5.91 Å². The van der Waals surface area contributed by atoms with Crippen LogP contribution < -0.4 is 5.73 Å². The van der Waals surface area contributed by atoms with E-state index in [0.717, 1.165) is 13.0 Å². The minimum absolute atomic E-state index is 0.103. The highest BCUT2D eigenvalue weighted by Crippen LogP contribution is 1.95. The molecule has 0 heterocycles. The van der Waals surface area contributed by atoms with Crippen LogP contribution in [0, 0.1) is 5.92 Å². The van der Waals surface area contributed by atoms with Gasteiger partial charge in [-0.25, -0.2) is 0 Å². The lowest BCUT2D eigenvalue weighted by molar-refractivity contribution is -0.131. The summed E-state index contributed by atoms with van der Waals surface area (Å²) in [5, 5.41) is 0. The third kappa shape index (κ3) is 10.5. The molecule has 0 aromatic rings. The van der Waals surface area contributed by atoms with Gasteiger partial charge in [-0.1, -0.05) is 13.8 Å². The van der Waals surface area contributed by atoms with Crippen LogP contribution in [0.25, 0.3) is 0 Å². The van der Waals surface area contributed by atoms with Crippen LogP contribution in [0.2, 0.25) is 0 Å². The summed E-state index contributed by atoms with van der Waals surface area (Å²) in [4.78, 5) is 13.3. The van der Waals surface area contributed by atoms with Crippen molar-refractivity contribution < 1.29 is 14.3 Å². The summed E-state index contributed by atoms with van der Waals surface area (Å²) in [5.74, 6) is 0.648. The molecule has 0 rings (SSSR count). The van der Waals surface area contributed by atoms with Crippen LogP contribution in [-0.4, -0.2) is 57.4 Å². The Balaban J connectivity index is 3.34. The molecule has 0 bridgehead atoms. The molecule has 0 aliphatic carbocycles. The summed E-state index contributed by atoms with van der Waals surface area (Å²) >= 11 is 0. The molecule has 0 aromatic heterocycles. The van der Waals surface area contributed by atoms with Crippen LogP contribution in [-0.2, 0) is 14.3 Å². The molecule has 0 saturated carbocycles. The molecule has 5 heteroatoms. The summed E-state index contributed by atoms with van der Waals surface area (Å²) in [6, 6.07) is 0. The van der Waals surface area contributed by atoms with Crippen molar-refractivity contribution in [1.29, 1.82) is 0 Å². The SMILES string of the molecule is CC(C)COCCOCCC(=O)N(C)CCCN. The smallest absolute Gasteiger partial charge is 0.224 e. The van der Waals surface area contributed by atoms with Crippen molar-refractivity contribution in [2.75, 3.05) is 46.6 Å². The Bertz CT molecular complexity index is 210. The standard InChI is InChI=1S/C13H28N2O3/c1-12(2)11-18-10-9-17-8-5-13(16)15(3)7-4-6-14/h12H,4-11,14H2,1-3H3. The Morgan fingerprint density at radius 3 is 2.50 bits per heavy atom. The largest absolute Gasteiger partial charge is 0.379 e. The fourth-order valence-corrected chi connectivity index (χ4v) is 1.34. The number of hydrogen-bond donors (Lipinski definition) is 1. The molecule has 2 N–H and O–H groups in total. The first kappa shape index (κ1) is 17.4. The fourth-order valence-electron chi connectivity index (χ4n) is 1.34. The molecule has 0 saturated heterocycles. The van der Waals surface area contributed by atoms with Crippen LogP contribution in [0.1, 0.15) is 26.7 Å². The first-order chi connectivity index (χ1) is 8.57. The monoisotopic (exact) mass is 260 g/mol. The van der Waals surface area contributed by atoms with E-state index < -0.39 is 0 Å². The maximum atomic E-state index is 11.6. The molecule has 5 nitrogen and oxygen atoms in total. The van der Waals surface area contributed by atoms with Crippen LogP contribution in [0.3, 0.4) is 0 Å². The first-order valence-corrected chi connectivity index (χ1v) is 6.67. The average molecular weight is 260 g/mol. The molecule has 0 spiro atoms. The first-order valence-electron chi connectivity index (χ1n) is 6.67. The van der Waals surface area contributed by atoms with Gasteiger partial charge in [-0.2, -0.15) is 0 Å². The Morgan fingerprint density at radius 2 is 1.89 bits per heavy atom. The predicted molar refractivity (Wildman–Crippen MR) is 72.4 cm³/mol. The van der Waals surface area contributed by atoms with Gasteiger partial charge in [-0.3, -0.25) is 4.79 Å². The molecule has 0 fully saturated rings. The van der Waals surface area contributed by atoms with Crippen LogP contribution in [0.15, 0.2) is 0 Å². The molecule has 0 aromatic carbocycles. The van der Waals surface area contributed by atoms with Crippen molar-refractivity contribution >= 4 is 5.91 Å². The Hall–Kier alpha value is -0.650. The molecule has 0 aliphatic rings. The van der Waals surface area contributed by atoms with Crippen molar-refractivity contribution in [3.8, 4) is 0 Å². The number of rotatable bonds is 11. The van der Waals surface area contributed by atoms with E-state index in [1.165, 1.54) is 0 Å². The summed E-state index contributed by atoms with van der Waals surface area (Å²) in [6.07, 6.45) is 1.26. The molecule has 18 heavy (non-hydrogen) atoms. The van der Waals surface area contributed by atoms with Crippen molar-refractivity contribution in [3.05, 3.63) is 0 Å². The molecule has 108 valence electrons. The van der Waals surface area contributed by atoms with Crippen LogP contribution in [0.4, 0.5) is 0 Å². The maximum Gasteiger partial charge on any atom is 0.224 e. The molecule has 0 radical (unpaired) electrons. The highest BCUT2D eigenvalue weighted by molar-refractivity contribution is 5.75. The second-order valence-electron chi connectivity index (χ2n) is 4.79. The van der Waals surface area contributed by atoms with Gasteiger partial charge in [0.2, 0.25) is 5.91 Å². The quantitative estimate of drug-likeness (QED) is 0.560. The average Bonchev–Trinajstić information content (AvgIpc) is 2.34. The van der Waals surface area contributed by atoms with Gasteiger partial charge in [-0.05, 0) is 18.9 Å². The van der Waals surface area contributed by atoms with E-state index >= 15 is 0 Å². The third-order valence-electron chi connectivity index (χ3n) is 2.41. The van der Waals surface area contributed by atoms with Gasteiger partial charge in [0.1, 0.15) is 0 Å². The van der Waals surface area contributed by atoms with Gasteiger partial charge in [0.25, 0.3) is 0 Å². The number of amides is 1. The Kier molecular flexibility index (Phi) is 11.0. The van der Waals surface area contributed by atoms with Crippen molar-refractivity contribution in [1.82, 2.24) is 4.90 Å². The topological polar surface area (TPSA) is 64.8 Å². The van der Waals surface area contributed by atoms with E-state index in [2.05, 4.69) is 13.8 Å². The Labute approximate surface area is 111 Å². The molecule has 0 unspecified atom stereocenters. The second kappa shape index (κ2) is 11.4. The molecule has 0 aliphatic heterocycles. The third-order valence-corrected chi connectivity index (χ3v) is 2.41. The van der Waals surface area contributed by atoms with E-state index in [1.807, 2.05) is 0 Å². The zero-order chi connectivity index (χ0) is 13.8. The highest BCUT2D eigenvalue weighted by Gasteiger charge is 2.07. The normalized spacial score (nSPS) is 10.9. The summed E-state index contributed by atoms with van der Waals surface area (Å²) in [6.45, 7) is 7.89. The molecule has 0 atom stereocenters. The number of carbonyl (C=O) groups is 1. The van der Waals surface area contributed by atoms with E-state index in [9.17, 15) is 4.79 Å². The number of ether oxygens (including phenoxy) is 2.